The molecule has 0 saturated heterocycles. The fraction of sp³-hybridized carbons (Fsp3) is 0.211. The van der Waals surface area contributed by atoms with Crippen molar-refractivity contribution >= 4 is 11.9 Å². The van der Waals surface area contributed by atoms with Gasteiger partial charge in [0.2, 0.25) is 0 Å². The third-order valence-corrected chi connectivity index (χ3v) is 3.47. The molecule has 1 atom stereocenters. The summed E-state index contributed by atoms with van der Waals surface area (Å²) >= 11 is 0. The van der Waals surface area contributed by atoms with E-state index in [9.17, 15) is 9.59 Å². The van der Waals surface area contributed by atoms with Crippen molar-refractivity contribution in [3.8, 4) is 6.07 Å². The van der Waals surface area contributed by atoms with Crippen molar-refractivity contribution in [1.29, 1.82) is 5.26 Å². The van der Waals surface area contributed by atoms with Gasteiger partial charge in [-0.1, -0.05) is 35.9 Å². The van der Waals surface area contributed by atoms with E-state index in [-0.39, 0.29) is 11.5 Å². The summed E-state index contributed by atoms with van der Waals surface area (Å²) in [6, 6.07) is 15.9. The fourth-order valence-electron chi connectivity index (χ4n) is 2.04. The van der Waals surface area contributed by atoms with Gasteiger partial charge >= 0.3 is 5.97 Å². The topological polar surface area (TPSA) is 79.2 Å². The molecule has 1 N–H and O–H groups in total. The van der Waals surface area contributed by atoms with Crippen LogP contribution in [0.2, 0.25) is 0 Å². The molecule has 2 rings (SSSR count). The van der Waals surface area contributed by atoms with Crippen LogP contribution in [0.4, 0.5) is 0 Å². The van der Waals surface area contributed by atoms with Crippen molar-refractivity contribution in [2.75, 3.05) is 0 Å². The van der Waals surface area contributed by atoms with Gasteiger partial charge in [-0.25, -0.2) is 4.79 Å². The highest BCUT2D eigenvalue weighted by Gasteiger charge is 2.18. The molecule has 0 bridgehead atoms. The number of carbonyl (C=O) groups is 2. The van der Waals surface area contributed by atoms with Crippen molar-refractivity contribution in [1.82, 2.24) is 5.32 Å². The molecule has 0 aromatic heterocycles. The summed E-state index contributed by atoms with van der Waals surface area (Å²) < 4.78 is 5.14. The van der Waals surface area contributed by atoms with Crippen LogP contribution in [0, 0.1) is 18.3 Å². The zero-order valence-electron chi connectivity index (χ0n) is 13.6. The number of esters is 1. The normalized spacial score (nSPS) is 11.2. The van der Waals surface area contributed by atoms with Crippen molar-refractivity contribution in [2.24, 2.45) is 0 Å². The predicted molar refractivity (Wildman–Crippen MR) is 89.1 cm³/mol. The first-order valence-corrected chi connectivity index (χ1v) is 7.54. The highest BCUT2D eigenvalue weighted by molar-refractivity contribution is 5.92. The number of ether oxygens (including phenoxy) is 1. The zero-order chi connectivity index (χ0) is 17.5. The van der Waals surface area contributed by atoms with Crippen LogP contribution in [0.3, 0.4) is 0 Å². The van der Waals surface area contributed by atoms with Gasteiger partial charge in [-0.2, -0.15) is 5.26 Å². The zero-order valence-corrected chi connectivity index (χ0v) is 13.6. The number of hydrogen-bond acceptors (Lipinski definition) is 4. The van der Waals surface area contributed by atoms with Gasteiger partial charge in [0.15, 0.2) is 6.10 Å². The standard InChI is InChI=1S/C19H18N2O3/c1-13-6-8-15(9-7-13)12-21-18(22)14(2)24-19(23)17-5-3-4-16(10-17)11-20/h3-10,14H,12H2,1-2H3,(H,21,22)/t14-/m1/s1. The van der Waals surface area contributed by atoms with Gasteiger partial charge in [0.25, 0.3) is 5.91 Å². The van der Waals surface area contributed by atoms with E-state index in [4.69, 9.17) is 10.00 Å². The molecule has 0 fully saturated rings. The fourth-order valence-corrected chi connectivity index (χ4v) is 2.04. The number of amides is 1. The van der Waals surface area contributed by atoms with E-state index in [1.54, 1.807) is 18.2 Å². The molecule has 24 heavy (non-hydrogen) atoms. The second kappa shape index (κ2) is 7.93. The summed E-state index contributed by atoms with van der Waals surface area (Å²) in [7, 11) is 0. The van der Waals surface area contributed by atoms with Gasteiger partial charge < -0.3 is 10.1 Å². The second-order valence-corrected chi connectivity index (χ2v) is 5.44. The lowest BCUT2D eigenvalue weighted by Gasteiger charge is -2.13. The van der Waals surface area contributed by atoms with Crippen molar-refractivity contribution in [3.05, 3.63) is 70.8 Å². The highest BCUT2D eigenvalue weighted by atomic mass is 16.5. The molecule has 122 valence electrons. The van der Waals surface area contributed by atoms with Gasteiger partial charge in [0.05, 0.1) is 17.2 Å². The number of rotatable bonds is 5. The molecular formula is C19H18N2O3. The summed E-state index contributed by atoms with van der Waals surface area (Å²) in [6.45, 7) is 3.87. The van der Waals surface area contributed by atoms with E-state index in [1.807, 2.05) is 37.3 Å². The monoisotopic (exact) mass is 322 g/mol. The number of nitrogens with one attached hydrogen (secondary N) is 1. The van der Waals surface area contributed by atoms with Crippen LogP contribution in [0.5, 0.6) is 0 Å². The van der Waals surface area contributed by atoms with Crippen LogP contribution in [0.25, 0.3) is 0 Å². The average molecular weight is 322 g/mol. The predicted octanol–water partition coefficient (Wildman–Crippen LogP) is 2.73. The first-order valence-electron chi connectivity index (χ1n) is 7.54. The Balaban J connectivity index is 1.89. The van der Waals surface area contributed by atoms with Crippen LogP contribution in [0.15, 0.2) is 48.5 Å². The maximum absolute atomic E-state index is 12.0. The molecule has 2 aromatic carbocycles. The van der Waals surface area contributed by atoms with Crippen LogP contribution in [0.1, 0.15) is 34.0 Å². The highest BCUT2D eigenvalue weighted by Crippen LogP contribution is 2.08. The van der Waals surface area contributed by atoms with Crippen LogP contribution in [-0.2, 0) is 16.1 Å². The van der Waals surface area contributed by atoms with Crippen molar-refractivity contribution in [2.45, 2.75) is 26.5 Å². The quantitative estimate of drug-likeness (QED) is 0.858. The second-order valence-electron chi connectivity index (χ2n) is 5.44. The smallest absolute Gasteiger partial charge is 0.338 e. The Kier molecular flexibility index (Phi) is 5.69. The third-order valence-electron chi connectivity index (χ3n) is 3.47. The maximum atomic E-state index is 12.0. The molecule has 0 saturated carbocycles. The molecule has 0 heterocycles. The summed E-state index contributed by atoms with van der Waals surface area (Å²) in [4.78, 5) is 24.1. The van der Waals surface area contributed by atoms with Crippen LogP contribution < -0.4 is 5.32 Å². The maximum Gasteiger partial charge on any atom is 0.338 e. The molecule has 5 heteroatoms. The lowest BCUT2D eigenvalue weighted by Crippen LogP contribution is -2.35. The Morgan fingerprint density at radius 1 is 1.21 bits per heavy atom. The number of nitriles is 1. The minimum atomic E-state index is -0.923. The summed E-state index contributed by atoms with van der Waals surface area (Å²) in [5.41, 5.74) is 2.72. The van der Waals surface area contributed by atoms with Gasteiger partial charge in [-0.05, 0) is 37.6 Å². The molecule has 0 unspecified atom stereocenters. The minimum Gasteiger partial charge on any atom is -0.449 e. The first kappa shape index (κ1) is 17.2. The average Bonchev–Trinajstić information content (AvgIpc) is 2.60. The molecule has 0 radical (unpaired) electrons. The summed E-state index contributed by atoms with van der Waals surface area (Å²) in [6.07, 6.45) is -0.923. The van der Waals surface area contributed by atoms with Gasteiger partial charge in [-0.3, -0.25) is 4.79 Å². The van der Waals surface area contributed by atoms with Crippen LogP contribution in [-0.4, -0.2) is 18.0 Å². The number of benzene rings is 2. The SMILES string of the molecule is Cc1ccc(CNC(=O)[C@@H](C)OC(=O)c2cccc(C#N)c2)cc1. The Morgan fingerprint density at radius 3 is 2.58 bits per heavy atom. The molecule has 5 nitrogen and oxygen atoms in total. The number of carbonyl (C=O) groups excluding carboxylic acids is 2. The molecule has 0 aliphatic rings. The van der Waals surface area contributed by atoms with Gasteiger partial charge in [-0.15, -0.1) is 0 Å². The number of nitrogens with zero attached hydrogens (tertiary/aromatic N) is 1. The summed E-state index contributed by atoms with van der Waals surface area (Å²) in [5, 5.41) is 11.6. The molecular weight excluding hydrogens is 304 g/mol. The summed E-state index contributed by atoms with van der Waals surface area (Å²) in [5.74, 6) is -1.01. The Morgan fingerprint density at radius 2 is 1.92 bits per heavy atom. The minimum absolute atomic E-state index is 0.243. The Labute approximate surface area is 140 Å². The Bertz CT molecular complexity index is 776. The van der Waals surface area contributed by atoms with Crippen LogP contribution >= 0.6 is 0 Å². The van der Waals surface area contributed by atoms with Crippen molar-refractivity contribution < 1.29 is 14.3 Å². The van der Waals surface area contributed by atoms with E-state index in [1.165, 1.54) is 13.0 Å². The van der Waals surface area contributed by atoms with E-state index < -0.39 is 12.1 Å². The van der Waals surface area contributed by atoms with E-state index in [0.29, 0.717) is 12.1 Å². The largest absolute Gasteiger partial charge is 0.449 e. The Hall–Kier alpha value is -3.13. The van der Waals surface area contributed by atoms with E-state index >= 15 is 0 Å². The lowest BCUT2D eigenvalue weighted by molar-refractivity contribution is -0.129. The molecule has 2 aromatic rings. The molecule has 1 amide bonds. The van der Waals surface area contributed by atoms with E-state index in [2.05, 4.69) is 5.32 Å². The number of hydrogen-bond donors (Lipinski definition) is 1. The molecule has 0 aliphatic carbocycles. The van der Waals surface area contributed by atoms with Gasteiger partial charge in [0, 0.05) is 6.54 Å². The first-order chi connectivity index (χ1) is 11.5. The third kappa shape index (κ3) is 4.68. The lowest BCUT2D eigenvalue weighted by atomic mass is 10.1. The van der Waals surface area contributed by atoms with Crippen molar-refractivity contribution in [3.63, 3.8) is 0 Å². The molecule has 0 aliphatic heterocycles. The number of aryl methyl sites for hydroxylation is 1. The van der Waals surface area contributed by atoms with Gasteiger partial charge in [0.1, 0.15) is 0 Å². The molecule has 0 spiro atoms. The van der Waals surface area contributed by atoms with E-state index in [0.717, 1.165) is 11.1 Å².